The molecular weight excluding hydrogens is 204 g/mol. The fourth-order valence-electron chi connectivity index (χ4n) is 1.44. The lowest BCUT2D eigenvalue weighted by molar-refractivity contribution is 0.136. The van der Waals surface area contributed by atoms with Gasteiger partial charge in [-0.15, -0.1) is 0 Å². The summed E-state index contributed by atoms with van der Waals surface area (Å²) < 4.78 is 30.5. The van der Waals surface area contributed by atoms with Crippen LogP contribution >= 0.6 is 0 Å². The molecule has 1 rings (SSSR count). The predicted octanol–water partition coefficient (Wildman–Crippen LogP) is -0.570. The van der Waals surface area contributed by atoms with Crippen LogP contribution in [0.25, 0.3) is 0 Å². The summed E-state index contributed by atoms with van der Waals surface area (Å²) in [5, 5.41) is 0. The van der Waals surface area contributed by atoms with E-state index in [-0.39, 0.29) is 23.9 Å². The summed E-state index contributed by atoms with van der Waals surface area (Å²) in [6.07, 6.45) is 1.20. The molecule has 0 aromatic carbocycles. The maximum absolute atomic E-state index is 11.5. The van der Waals surface area contributed by atoms with Crippen molar-refractivity contribution in [1.82, 2.24) is 4.72 Å². The Bertz CT molecular complexity index is 272. The van der Waals surface area contributed by atoms with Crippen LogP contribution in [0.3, 0.4) is 0 Å². The normalized spacial score (nSPS) is 29.6. The van der Waals surface area contributed by atoms with E-state index >= 15 is 0 Å². The highest BCUT2D eigenvalue weighted by molar-refractivity contribution is 7.89. The van der Waals surface area contributed by atoms with Crippen molar-refractivity contribution in [3.05, 3.63) is 0 Å². The lowest BCUT2D eigenvalue weighted by Crippen LogP contribution is -2.51. The Kier molecular flexibility index (Phi) is 3.88. The highest BCUT2D eigenvalue weighted by Gasteiger charge is 2.30. The van der Waals surface area contributed by atoms with Crippen LogP contribution in [0.4, 0.5) is 0 Å². The van der Waals surface area contributed by atoms with Crippen LogP contribution < -0.4 is 10.5 Å². The first kappa shape index (κ1) is 11.9. The van der Waals surface area contributed by atoms with E-state index in [0.717, 1.165) is 12.8 Å². The highest BCUT2D eigenvalue weighted by atomic mass is 32.2. The van der Waals surface area contributed by atoms with E-state index in [0.29, 0.717) is 0 Å². The number of hydrogen-bond donors (Lipinski definition) is 2. The maximum Gasteiger partial charge on any atom is 0.214 e. The van der Waals surface area contributed by atoms with Crippen molar-refractivity contribution in [2.24, 2.45) is 5.73 Å². The first-order chi connectivity index (χ1) is 6.43. The third kappa shape index (κ3) is 3.53. The minimum absolute atomic E-state index is 0.00916. The van der Waals surface area contributed by atoms with E-state index in [1.54, 1.807) is 6.92 Å². The second-order valence-electron chi connectivity index (χ2n) is 3.87. The highest BCUT2D eigenvalue weighted by Crippen LogP contribution is 2.18. The van der Waals surface area contributed by atoms with Gasteiger partial charge in [0.1, 0.15) is 0 Å². The van der Waals surface area contributed by atoms with Gasteiger partial charge in [0, 0.05) is 19.2 Å². The van der Waals surface area contributed by atoms with Gasteiger partial charge in [0.05, 0.1) is 11.9 Å². The summed E-state index contributed by atoms with van der Waals surface area (Å²) in [5.41, 5.74) is 5.56. The van der Waals surface area contributed by atoms with Gasteiger partial charge in [0.2, 0.25) is 10.0 Å². The summed E-state index contributed by atoms with van der Waals surface area (Å²) in [4.78, 5) is 0. The molecular formula is C8H18N2O3S. The Morgan fingerprint density at radius 1 is 1.57 bits per heavy atom. The molecule has 0 radical (unpaired) electrons. The van der Waals surface area contributed by atoms with Crippen LogP contribution in [-0.4, -0.2) is 39.5 Å². The minimum atomic E-state index is -3.21. The lowest BCUT2D eigenvalue weighted by atomic mass is 9.89. The van der Waals surface area contributed by atoms with Gasteiger partial charge in [0.25, 0.3) is 0 Å². The molecule has 1 aliphatic rings. The molecule has 1 aliphatic carbocycles. The smallest absolute Gasteiger partial charge is 0.214 e. The largest absolute Gasteiger partial charge is 0.381 e. The molecule has 0 saturated heterocycles. The molecule has 1 saturated carbocycles. The number of hydrogen-bond acceptors (Lipinski definition) is 4. The van der Waals surface area contributed by atoms with Crippen molar-refractivity contribution in [1.29, 1.82) is 0 Å². The number of rotatable bonds is 5. The minimum Gasteiger partial charge on any atom is -0.381 e. The number of sulfonamides is 1. The first-order valence-electron chi connectivity index (χ1n) is 4.71. The average Bonchev–Trinajstić information content (AvgIpc) is 2.00. The average molecular weight is 222 g/mol. The Morgan fingerprint density at radius 3 is 2.57 bits per heavy atom. The predicted molar refractivity (Wildman–Crippen MR) is 54.4 cm³/mol. The fourth-order valence-corrected chi connectivity index (χ4v) is 2.99. The second kappa shape index (κ2) is 4.57. The van der Waals surface area contributed by atoms with Gasteiger partial charge < -0.3 is 10.5 Å². The van der Waals surface area contributed by atoms with Crippen molar-refractivity contribution >= 4 is 10.0 Å². The number of nitrogens with two attached hydrogens (primary N) is 1. The van der Waals surface area contributed by atoms with Crippen molar-refractivity contribution in [3.8, 4) is 0 Å². The third-order valence-electron chi connectivity index (χ3n) is 2.38. The molecule has 3 N–H and O–H groups in total. The van der Waals surface area contributed by atoms with E-state index in [1.165, 1.54) is 7.11 Å². The third-order valence-corrected chi connectivity index (χ3v) is 3.98. The molecule has 0 aromatic heterocycles. The second-order valence-corrected chi connectivity index (χ2v) is 5.67. The van der Waals surface area contributed by atoms with Gasteiger partial charge in [-0.05, 0) is 19.8 Å². The number of nitrogens with one attached hydrogen (secondary N) is 1. The standard InChI is InChI=1S/C8H18N2O3S/c1-6(13-2)5-14(11,12)10-8-3-7(9)4-8/h6-8,10H,3-5,9H2,1-2H3. The van der Waals surface area contributed by atoms with Crippen LogP contribution in [-0.2, 0) is 14.8 Å². The Hall–Kier alpha value is -0.170. The van der Waals surface area contributed by atoms with Gasteiger partial charge in [-0.1, -0.05) is 0 Å². The van der Waals surface area contributed by atoms with Crippen LogP contribution in [0.2, 0.25) is 0 Å². The van der Waals surface area contributed by atoms with Crippen molar-refractivity contribution in [3.63, 3.8) is 0 Å². The molecule has 0 aromatic rings. The van der Waals surface area contributed by atoms with Gasteiger partial charge >= 0.3 is 0 Å². The zero-order chi connectivity index (χ0) is 10.8. The molecule has 1 atom stereocenters. The van der Waals surface area contributed by atoms with Crippen LogP contribution in [0, 0.1) is 0 Å². The van der Waals surface area contributed by atoms with Gasteiger partial charge in [-0.3, -0.25) is 0 Å². The quantitative estimate of drug-likeness (QED) is 0.653. The Balaban J connectivity index is 2.35. The van der Waals surface area contributed by atoms with Crippen molar-refractivity contribution in [2.75, 3.05) is 12.9 Å². The first-order valence-corrected chi connectivity index (χ1v) is 6.36. The molecule has 84 valence electrons. The van der Waals surface area contributed by atoms with E-state index in [2.05, 4.69) is 4.72 Å². The van der Waals surface area contributed by atoms with Crippen LogP contribution in [0.15, 0.2) is 0 Å². The van der Waals surface area contributed by atoms with Crippen LogP contribution in [0.5, 0.6) is 0 Å². The summed E-state index contributed by atoms with van der Waals surface area (Å²) in [6.45, 7) is 1.73. The fraction of sp³-hybridized carbons (Fsp3) is 1.00. The molecule has 0 amide bonds. The van der Waals surface area contributed by atoms with E-state index in [4.69, 9.17) is 10.5 Å². The summed E-state index contributed by atoms with van der Waals surface area (Å²) in [6, 6.07) is 0.182. The van der Waals surface area contributed by atoms with Gasteiger partial charge in [-0.2, -0.15) is 0 Å². The molecule has 0 heterocycles. The molecule has 6 heteroatoms. The maximum atomic E-state index is 11.5. The van der Waals surface area contributed by atoms with Crippen LogP contribution in [0.1, 0.15) is 19.8 Å². The monoisotopic (exact) mass is 222 g/mol. The SMILES string of the molecule is COC(C)CS(=O)(=O)NC1CC(N)C1. The summed E-state index contributed by atoms with van der Waals surface area (Å²) in [5.74, 6) is 0.00916. The molecule has 0 spiro atoms. The molecule has 1 fully saturated rings. The molecule has 5 nitrogen and oxygen atoms in total. The molecule has 0 aliphatic heterocycles. The molecule has 0 bridgehead atoms. The number of ether oxygens (including phenoxy) is 1. The lowest BCUT2D eigenvalue weighted by Gasteiger charge is -2.32. The van der Waals surface area contributed by atoms with Crippen molar-refractivity contribution < 1.29 is 13.2 Å². The zero-order valence-corrected chi connectivity index (χ0v) is 9.38. The van der Waals surface area contributed by atoms with Crippen molar-refractivity contribution in [2.45, 2.75) is 38.0 Å². The molecule has 14 heavy (non-hydrogen) atoms. The van der Waals surface area contributed by atoms with E-state index in [1.807, 2.05) is 0 Å². The topological polar surface area (TPSA) is 81.4 Å². The summed E-state index contributed by atoms with van der Waals surface area (Å²) >= 11 is 0. The van der Waals surface area contributed by atoms with Gasteiger partial charge in [0.15, 0.2) is 0 Å². The van der Waals surface area contributed by atoms with Gasteiger partial charge in [-0.25, -0.2) is 13.1 Å². The number of methoxy groups -OCH3 is 1. The summed E-state index contributed by atoms with van der Waals surface area (Å²) in [7, 11) is -1.71. The zero-order valence-electron chi connectivity index (χ0n) is 8.56. The Morgan fingerprint density at radius 2 is 2.14 bits per heavy atom. The van der Waals surface area contributed by atoms with E-state index in [9.17, 15) is 8.42 Å². The molecule has 1 unspecified atom stereocenters. The Labute approximate surface area is 85.1 Å². The van der Waals surface area contributed by atoms with E-state index < -0.39 is 10.0 Å².